The van der Waals surface area contributed by atoms with Gasteiger partial charge in [-0.25, -0.2) is 0 Å². The predicted octanol–water partition coefficient (Wildman–Crippen LogP) is 6.57. The van der Waals surface area contributed by atoms with Gasteiger partial charge in [0, 0.05) is 12.3 Å². The van der Waals surface area contributed by atoms with E-state index in [0.29, 0.717) is 22.5 Å². The maximum Gasteiger partial charge on any atom is 0.135 e. The number of hydrogen-bond donors (Lipinski definition) is 1. The van der Waals surface area contributed by atoms with Crippen molar-refractivity contribution in [3.8, 4) is 0 Å². The Morgan fingerprint density at radius 1 is 1.10 bits per heavy atom. The van der Waals surface area contributed by atoms with Crippen molar-refractivity contribution in [1.82, 2.24) is 0 Å². The lowest BCUT2D eigenvalue weighted by Crippen LogP contribution is -2.50. The highest BCUT2D eigenvalue weighted by Gasteiger charge is 2.59. The Morgan fingerprint density at radius 2 is 1.86 bits per heavy atom. The molecule has 3 saturated carbocycles. The zero-order valence-corrected chi connectivity index (χ0v) is 19.5. The monoisotopic (exact) mass is 400 g/mol. The van der Waals surface area contributed by atoms with Crippen molar-refractivity contribution in [2.24, 2.45) is 46.3 Å². The summed E-state index contributed by atoms with van der Waals surface area (Å²) >= 11 is 0. The second kappa shape index (κ2) is 7.81. The summed E-state index contributed by atoms with van der Waals surface area (Å²) in [6.45, 7) is 11.6. The van der Waals surface area contributed by atoms with Crippen molar-refractivity contribution in [2.45, 2.75) is 105 Å². The number of Topliss-reactive ketones (excluding diaryl/α,β-unsaturated/α-hetero) is 1. The maximum atomic E-state index is 12.2. The molecular formula is C27H44O2. The van der Waals surface area contributed by atoms with E-state index in [9.17, 15) is 9.90 Å². The topological polar surface area (TPSA) is 37.3 Å². The minimum Gasteiger partial charge on any atom is -0.393 e. The molecule has 0 unspecified atom stereocenters. The molecule has 4 rings (SSSR count). The Labute approximate surface area is 178 Å². The van der Waals surface area contributed by atoms with E-state index in [4.69, 9.17) is 0 Å². The van der Waals surface area contributed by atoms with Crippen LogP contribution >= 0.6 is 0 Å². The van der Waals surface area contributed by atoms with Gasteiger partial charge in [0.15, 0.2) is 0 Å². The molecule has 0 radical (unpaired) electrons. The minimum atomic E-state index is -0.106. The summed E-state index contributed by atoms with van der Waals surface area (Å²) in [4.78, 5) is 12.2. The lowest BCUT2D eigenvalue weighted by atomic mass is 9.47. The first-order valence-electron chi connectivity index (χ1n) is 12.6. The summed E-state index contributed by atoms with van der Waals surface area (Å²) in [6, 6.07) is 0. The van der Waals surface area contributed by atoms with Crippen LogP contribution in [0.15, 0.2) is 11.6 Å². The Balaban J connectivity index is 1.49. The second-order valence-corrected chi connectivity index (χ2v) is 12.0. The van der Waals surface area contributed by atoms with Crippen LogP contribution in [0.1, 0.15) is 98.8 Å². The highest BCUT2D eigenvalue weighted by atomic mass is 16.3. The van der Waals surface area contributed by atoms with E-state index < -0.39 is 0 Å². The highest BCUT2D eigenvalue weighted by Crippen LogP contribution is 2.67. The molecule has 0 heterocycles. The average molecular weight is 401 g/mol. The van der Waals surface area contributed by atoms with E-state index in [1.807, 2.05) is 13.8 Å². The number of fused-ring (bicyclic) bond motifs is 5. The summed E-state index contributed by atoms with van der Waals surface area (Å²) in [6.07, 6.45) is 14.1. The molecule has 1 N–H and O–H groups in total. The molecule has 4 aliphatic rings. The molecule has 29 heavy (non-hydrogen) atoms. The first-order valence-corrected chi connectivity index (χ1v) is 12.6. The Bertz CT molecular complexity index is 663. The number of aliphatic hydroxyl groups is 1. The molecule has 0 aromatic heterocycles. The van der Waals surface area contributed by atoms with Gasteiger partial charge in [-0.2, -0.15) is 0 Å². The van der Waals surface area contributed by atoms with Crippen molar-refractivity contribution >= 4 is 5.78 Å². The van der Waals surface area contributed by atoms with Crippen LogP contribution < -0.4 is 0 Å². The van der Waals surface area contributed by atoms with Crippen molar-refractivity contribution in [1.29, 1.82) is 0 Å². The van der Waals surface area contributed by atoms with Crippen LogP contribution in [0, 0.1) is 46.3 Å². The third kappa shape index (κ3) is 3.56. The Hall–Kier alpha value is -0.630. The van der Waals surface area contributed by atoms with Gasteiger partial charge in [-0.15, -0.1) is 0 Å². The number of allylic oxidation sites excluding steroid dienone is 1. The van der Waals surface area contributed by atoms with Gasteiger partial charge in [0.1, 0.15) is 5.78 Å². The molecule has 0 aliphatic heterocycles. The number of carbonyl (C=O) groups excluding carboxylic acids is 1. The SMILES string of the molecule is CC(C)C(=O)CC[C@@H](C)[C@H]1CC[C@H]2[C@@H]3CC=C4C[C@@H](O)CC[C@]4(C)[C@H]3CC[C@]12C. The van der Waals surface area contributed by atoms with Crippen LogP contribution in [-0.4, -0.2) is 17.0 Å². The molecule has 2 heteroatoms. The zero-order chi connectivity index (χ0) is 21.0. The molecule has 164 valence electrons. The molecule has 0 spiro atoms. The van der Waals surface area contributed by atoms with Crippen molar-refractivity contribution in [3.05, 3.63) is 11.6 Å². The number of carbonyl (C=O) groups is 1. The van der Waals surface area contributed by atoms with Crippen molar-refractivity contribution in [3.63, 3.8) is 0 Å². The molecule has 0 amide bonds. The molecule has 0 aromatic rings. The van der Waals surface area contributed by atoms with Crippen LogP contribution in [0.4, 0.5) is 0 Å². The van der Waals surface area contributed by atoms with Gasteiger partial charge >= 0.3 is 0 Å². The molecule has 3 fully saturated rings. The molecular weight excluding hydrogens is 356 g/mol. The largest absolute Gasteiger partial charge is 0.393 e. The van der Waals surface area contributed by atoms with E-state index >= 15 is 0 Å². The third-order valence-corrected chi connectivity index (χ3v) is 10.3. The lowest BCUT2D eigenvalue weighted by molar-refractivity contribution is -0.122. The molecule has 0 bridgehead atoms. The van der Waals surface area contributed by atoms with Crippen LogP contribution in [0.3, 0.4) is 0 Å². The fourth-order valence-corrected chi connectivity index (χ4v) is 8.48. The zero-order valence-electron chi connectivity index (χ0n) is 19.5. The van der Waals surface area contributed by atoms with Gasteiger partial charge in [-0.05, 0) is 98.2 Å². The van der Waals surface area contributed by atoms with Gasteiger partial charge in [0.2, 0.25) is 0 Å². The number of rotatable bonds is 5. The van der Waals surface area contributed by atoms with Crippen molar-refractivity contribution < 1.29 is 9.90 Å². The molecule has 0 aromatic carbocycles. The van der Waals surface area contributed by atoms with E-state index in [1.165, 1.54) is 38.5 Å². The van der Waals surface area contributed by atoms with Gasteiger partial charge < -0.3 is 5.11 Å². The summed E-state index contributed by atoms with van der Waals surface area (Å²) in [5, 5.41) is 10.2. The smallest absolute Gasteiger partial charge is 0.135 e. The molecule has 0 saturated heterocycles. The fourth-order valence-electron chi connectivity index (χ4n) is 8.48. The minimum absolute atomic E-state index is 0.106. The normalized spacial score (nSPS) is 45.2. The summed E-state index contributed by atoms with van der Waals surface area (Å²) in [5.74, 6) is 4.60. The summed E-state index contributed by atoms with van der Waals surface area (Å²) < 4.78 is 0. The van der Waals surface area contributed by atoms with E-state index in [2.05, 4.69) is 26.8 Å². The summed E-state index contributed by atoms with van der Waals surface area (Å²) in [5.41, 5.74) is 2.39. The van der Waals surface area contributed by atoms with Crippen LogP contribution in [-0.2, 0) is 4.79 Å². The van der Waals surface area contributed by atoms with Gasteiger partial charge in [-0.1, -0.05) is 46.3 Å². The first kappa shape index (κ1) is 21.6. The number of aliphatic hydroxyl groups excluding tert-OH is 1. The van der Waals surface area contributed by atoms with E-state index in [0.717, 1.165) is 49.4 Å². The first-order chi connectivity index (χ1) is 13.7. The Morgan fingerprint density at radius 3 is 2.59 bits per heavy atom. The fraction of sp³-hybridized carbons (Fsp3) is 0.889. The standard InChI is InChI=1S/C27H44O2/c1-17(2)25(29)11-6-18(3)22-9-10-23-21-8-7-19-16-20(28)12-14-26(19,4)24(21)13-15-27(22,23)5/h7,17-18,20-24,28H,6,8-16H2,1-5H3/t18-,20+,21+,22-,23+,24+,26+,27-/m1/s1. The van der Waals surface area contributed by atoms with E-state index in [-0.39, 0.29) is 12.0 Å². The lowest BCUT2D eigenvalue weighted by Gasteiger charge is -2.58. The van der Waals surface area contributed by atoms with Gasteiger partial charge in [0.05, 0.1) is 6.10 Å². The number of ketones is 1. The predicted molar refractivity (Wildman–Crippen MR) is 119 cm³/mol. The maximum absolute atomic E-state index is 12.2. The van der Waals surface area contributed by atoms with Crippen LogP contribution in [0.5, 0.6) is 0 Å². The number of hydrogen-bond acceptors (Lipinski definition) is 2. The molecule has 4 aliphatic carbocycles. The highest BCUT2D eigenvalue weighted by molar-refractivity contribution is 5.80. The van der Waals surface area contributed by atoms with Gasteiger partial charge in [-0.3, -0.25) is 4.79 Å². The van der Waals surface area contributed by atoms with Crippen LogP contribution in [0.2, 0.25) is 0 Å². The Kier molecular flexibility index (Phi) is 5.82. The third-order valence-electron chi connectivity index (χ3n) is 10.3. The molecule has 2 nitrogen and oxygen atoms in total. The van der Waals surface area contributed by atoms with Gasteiger partial charge in [0.25, 0.3) is 0 Å². The van der Waals surface area contributed by atoms with Crippen molar-refractivity contribution in [2.75, 3.05) is 0 Å². The summed E-state index contributed by atoms with van der Waals surface area (Å²) in [7, 11) is 0. The quantitative estimate of drug-likeness (QED) is 0.530. The van der Waals surface area contributed by atoms with E-state index in [1.54, 1.807) is 5.57 Å². The second-order valence-electron chi connectivity index (χ2n) is 12.0. The average Bonchev–Trinajstić information content (AvgIpc) is 3.03. The molecule has 8 atom stereocenters. The van der Waals surface area contributed by atoms with Crippen LogP contribution in [0.25, 0.3) is 0 Å².